The predicted molar refractivity (Wildman–Crippen MR) is 100 cm³/mol. The topological polar surface area (TPSA) is 68.3 Å². The second kappa shape index (κ2) is 7.04. The lowest BCUT2D eigenvalue weighted by molar-refractivity contribution is 0.582. The van der Waals surface area contributed by atoms with Crippen LogP contribution in [0.2, 0.25) is 10.0 Å². The summed E-state index contributed by atoms with van der Waals surface area (Å²) in [7, 11) is -8.10. The molecule has 0 saturated heterocycles. The normalized spacial score (nSPS) is 12.1. The lowest BCUT2D eigenvalue weighted by Crippen LogP contribution is -2.10. The molecule has 0 spiro atoms. The number of sulfone groups is 2. The van der Waals surface area contributed by atoms with Gasteiger partial charge in [-0.15, -0.1) is 0 Å². The highest BCUT2D eigenvalue weighted by Crippen LogP contribution is 2.31. The van der Waals surface area contributed by atoms with Gasteiger partial charge in [-0.2, -0.15) is 0 Å². The van der Waals surface area contributed by atoms with Crippen molar-refractivity contribution >= 4 is 42.9 Å². The van der Waals surface area contributed by atoms with E-state index in [-0.39, 0.29) is 19.6 Å². The van der Waals surface area contributed by atoms with Gasteiger partial charge in [-0.05, 0) is 60.7 Å². The first kappa shape index (κ1) is 18.9. The molecular weight excluding hydrogens is 415 g/mol. The van der Waals surface area contributed by atoms with Crippen molar-refractivity contribution in [3.63, 3.8) is 0 Å². The van der Waals surface area contributed by atoms with Crippen molar-refractivity contribution in [1.29, 1.82) is 0 Å². The molecule has 0 heterocycles. The molecule has 4 nitrogen and oxygen atoms in total. The van der Waals surface area contributed by atoms with Gasteiger partial charge in [0.2, 0.25) is 19.7 Å². The van der Waals surface area contributed by atoms with Crippen LogP contribution in [0.4, 0.5) is 0 Å². The Balaban J connectivity index is 2.20. The summed E-state index contributed by atoms with van der Waals surface area (Å²) in [6, 6.07) is 16.6. The maximum Gasteiger partial charge on any atom is 0.207 e. The Kier molecular flexibility index (Phi) is 5.12. The van der Waals surface area contributed by atoms with Gasteiger partial charge in [0.1, 0.15) is 0 Å². The smallest absolute Gasteiger partial charge is 0.207 e. The largest absolute Gasteiger partial charge is 0.218 e. The molecule has 0 radical (unpaired) electrons. The third-order valence-corrected chi connectivity index (χ3v) is 7.96. The van der Waals surface area contributed by atoms with Crippen LogP contribution in [0.25, 0.3) is 0 Å². The standard InChI is InChI=1S/C18H12Cl2O4S2/c19-13-5-9-15(10-6-13)25(21,22)17-3-1-2-4-18(17)26(23,24)16-11-7-14(20)8-12-16/h1-12H. The van der Waals surface area contributed by atoms with Crippen LogP contribution in [-0.2, 0) is 19.7 Å². The minimum Gasteiger partial charge on any atom is -0.218 e. The van der Waals surface area contributed by atoms with E-state index in [2.05, 4.69) is 0 Å². The van der Waals surface area contributed by atoms with Crippen molar-refractivity contribution < 1.29 is 16.8 Å². The van der Waals surface area contributed by atoms with Crippen molar-refractivity contribution in [1.82, 2.24) is 0 Å². The zero-order chi connectivity index (χ0) is 18.9. The molecule has 8 heteroatoms. The third-order valence-electron chi connectivity index (χ3n) is 3.68. The molecule has 134 valence electrons. The van der Waals surface area contributed by atoms with E-state index in [4.69, 9.17) is 23.2 Å². The van der Waals surface area contributed by atoms with Gasteiger partial charge in [0.05, 0.1) is 19.6 Å². The quantitative estimate of drug-likeness (QED) is 0.608. The monoisotopic (exact) mass is 426 g/mol. The lowest BCUT2D eigenvalue weighted by atomic mass is 10.4. The molecule has 0 amide bonds. The van der Waals surface area contributed by atoms with Crippen LogP contribution in [0.5, 0.6) is 0 Å². The molecule has 3 aromatic rings. The molecule has 0 N–H and O–H groups in total. The van der Waals surface area contributed by atoms with Crippen LogP contribution in [0.1, 0.15) is 0 Å². The highest BCUT2D eigenvalue weighted by atomic mass is 35.5. The summed E-state index contributed by atoms with van der Waals surface area (Å²) in [6.45, 7) is 0. The zero-order valence-electron chi connectivity index (χ0n) is 13.1. The Labute approximate surface area is 161 Å². The molecule has 3 rings (SSSR count). The summed E-state index contributed by atoms with van der Waals surface area (Å²) < 4.78 is 51.9. The first-order chi connectivity index (χ1) is 12.2. The minimum absolute atomic E-state index is 0.0411. The number of benzene rings is 3. The van der Waals surface area contributed by atoms with Crippen LogP contribution in [0.3, 0.4) is 0 Å². The Bertz CT molecular complexity index is 1060. The lowest BCUT2D eigenvalue weighted by Gasteiger charge is -2.12. The van der Waals surface area contributed by atoms with Gasteiger partial charge in [-0.1, -0.05) is 35.3 Å². The molecule has 0 aromatic heterocycles. The summed E-state index contributed by atoms with van der Waals surface area (Å²) in [4.78, 5) is -0.671. The molecule has 0 atom stereocenters. The van der Waals surface area contributed by atoms with Crippen molar-refractivity contribution in [2.24, 2.45) is 0 Å². The number of halogens is 2. The summed E-state index contributed by atoms with van der Waals surface area (Å²) in [5.41, 5.74) is 0. The fourth-order valence-electron chi connectivity index (χ4n) is 2.38. The molecule has 0 aliphatic heterocycles. The predicted octanol–water partition coefficient (Wildman–Crippen LogP) is 4.66. The van der Waals surface area contributed by atoms with Gasteiger partial charge < -0.3 is 0 Å². The van der Waals surface area contributed by atoms with Gasteiger partial charge in [-0.25, -0.2) is 16.8 Å². The highest BCUT2D eigenvalue weighted by Gasteiger charge is 2.28. The van der Waals surface area contributed by atoms with Crippen LogP contribution < -0.4 is 0 Å². The van der Waals surface area contributed by atoms with E-state index in [1.165, 1.54) is 72.8 Å². The summed E-state index contributed by atoms with van der Waals surface area (Å²) >= 11 is 11.6. The Morgan fingerprint density at radius 3 is 1.12 bits per heavy atom. The number of rotatable bonds is 4. The van der Waals surface area contributed by atoms with E-state index >= 15 is 0 Å². The molecule has 26 heavy (non-hydrogen) atoms. The fourth-order valence-corrected chi connectivity index (χ4v) is 5.96. The summed E-state index contributed by atoms with van der Waals surface area (Å²) in [6.07, 6.45) is 0. The fraction of sp³-hybridized carbons (Fsp3) is 0. The van der Waals surface area contributed by atoms with E-state index in [1.807, 2.05) is 0 Å². The average molecular weight is 427 g/mol. The minimum atomic E-state index is -4.05. The highest BCUT2D eigenvalue weighted by molar-refractivity contribution is 7.94. The van der Waals surface area contributed by atoms with Gasteiger partial charge in [-0.3, -0.25) is 0 Å². The van der Waals surface area contributed by atoms with Gasteiger partial charge in [0, 0.05) is 10.0 Å². The van der Waals surface area contributed by atoms with Crippen molar-refractivity contribution in [3.05, 3.63) is 82.8 Å². The van der Waals surface area contributed by atoms with E-state index in [1.54, 1.807) is 0 Å². The van der Waals surface area contributed by atoms with Crippen molar-refractivity contribution in [2.75, 3.05) is 0 Å². The second-order valence-corrected chi connectivity index (χ2v) is 10.1. The van der Waals surface area contributed by atoms with Gasteiger partial charge >= 0.3 is 0 Å². The van der Waals surface area contributed by atoms with Crippen LogP contribution >= 0.6 is 23.2 Å². The number of hydrogen-bond acceptors (Lipinski definition) is 4. The summed E-state index contributed by atoms with van der Waals surface area (Å²) in [5, 5.41) is 0.761. The summed E-state index contributed by atoms with van der Waals surface area (Å²) in [5.74, 6) is 0. The Hall–Kier alpha value is -1.86. The van der Waals surface area contributed by atoms with Crippen LogP contribution in [-0.4, -0.2) is 16.8 Å². The zero-order valence-corrected chi connectivity index (χ0v) is 16.3. The molecule has 0 saturated carbocycles. The van der Waals surface area contributed by atoms with Crippen LogP contribution in [0, 0.1) is 0 Å². The Morgan fingerprint density at radius 2 is 0.808 bits per heavy atom. The second-order valence-electron chi connectivity index (χ2n) is 5.36. The first-order valence-electron chi connectivity index (χ1n) is 7.33. The number of hydrogen-bond donors (Lipinski definition) is 0. The molecule has 0 bridgehead atoms. The van der Waals surface area contributed by atoms with Gasteiger partial charge in [0.25, 0.3) is 0 Å². The maximum absolute atomic E-state index is 13.0. The molecule has 0 fully saturated rings. The van der Waals surface area contributed by atoms with E-state index < -0.39 is 19.7 Å². The SMILES string of the molecule is O=S(=O)(c1ccc(Cl)cc1)c1ccccc1S(=O)(=O)c1ccc(Cl)cc1. The molecule has 0 aliphatic rings. The van der Waals surface area contributed by atoms with E-state index in [9.17, 15) is 16.8 Å². The first-order valence-corrected chi connectivity index (χ1v) is 11.1. The Morgan fingerprint density at radius 1 is 0.500 bits per heavy atom. The van der Waals surface area contributed by atoms with Crippen molar-refractivity contribution in [2.45, 2.75) is 19.6 Å². The molecular formula is C18H12Cl2O4S2. The third kappa shape index (κ3) is 3.50. The molecule has 0 unspecified atom stereocenters. The average Bonchev–Trinajstić information content (AvgIpc) is 2.62. The molecule has 3 aromatic carbocycles. The van der Waals surface area contributed by atoms with Crippen molar-refractivity contribution in [3.8, 4) is 0 Å². The van der Waals surface area contributed by atoms with E-state index in [0.29, 0.717) is 10.0 Å². The molecule has 0 aliphatic carbocycles. The van der Waals surface area contributed by atoms with Gasteiger partial charge in [0.15, 0.2) is 0 Å². The van der Waals surface area contributed by atoms with Crippen LogP contribution in [0.15, 0.2) is 92.4 Å². The maximum atomic E-state index is 13.0. The van der Waals surface area contributed by atoms with E-state index in [0.717, 1.165) is 0 Å².